The number of nitrogens with one attached hydrogen (secondary N) is 1. The van der Waals surface area contributed by atoms with Crippen molar-refractivity contribution in [2.45, 2.75) is 54.0 Å². The van der Waals surface area contributed by atoms with Crippen LogP contribution < -0.4 is 5.32 Å². The van der Waals surface area contributed by atoms with Crippen molar-refractivity contribution in [2.75, 3.05) is 11.1 Å². The van der Waals surface area contributed by atoms with Gasteiger partial charge < -0.3 is 5.32 Å². The fourth-order valence-electron chi connectivity index (χ4n) is 2.64. The molecule has 4 nitrogen and oxygen atoms in total. The van der Waals surface area contributed by atoms with Gasteiger partial charge in [0.05, 0.1) is 5.25 Å². The van der Waals surface area contributed by atoms with Crippen molar-refractivity contribution in [1.82, 2.24) is 10.2 Å². The summed E-state index contributed by atoms with van der Waals surface area (Å²) in [6, 6.07) is 6.26. The van der Waals surface area contributed by atoms with Crippen LogP contribution in [-0.2, 0) is 17.6 Å². The minimum atomic E-state index is -0.204. The Morgan fingerprint density at radius 2 is 1.96 bits per heavy atom. The largest absolute Gasteiger partial charge is 0.325 e. The minimum Gasteiger partial charge on any atom is -0.325 e. The van der Waals surface area contributed by atoms with E-state index >= 15 is 0 Å². The Balaban J connectivity index is 1.54. The van der Waals surface area contributed by atoms with Gasteiger partial charge in [0.15, 0.2) is 8.68 Å². The molecule has 1 heterocycles. The lowest BCUT2D eigenvalue weighted by Gasteiger charge is -2.11. The van der Waals surface area contributed by atoms with Gasteiger partial charge in [-0.05, 0) is 55.4 Å². The second-order valence-electron chi connectivity index (χ2n) is 6.63. The zero-order chi connectivity index (χ0) is 17.8. The summed E-state index contributed by atoms with van der Waals surface area (Å²) in [6.07, 6.45) is 3.49. The van der Waals surface area contributed by atoms with Crippen molar-refractivity contribution < 1.29 is 4.79 Å². The molecule has 7 heteroatoms. The number of carbonyl (C=O) groups excluding carboxylic acids is 1. The Kier molecular flexibility index (Phi) is 6.41. The fourth-order valence-corrected chi connectivity index (χ4v) is 5.78. The molecule has 0 radical (unpaired) electrons. The summed E-state index contributed by atoms with van der Waals surface area (Å²) in [4.78, 5) is 12.5. The van der Waals surface area contributed by atoms with Gasteiger partial charge in [0, 0.05) is 11.4 Å². The highest BCUT2D eigenvalue weighted by Crippen LogP contribution is 2.32. The molecule has 1 aromatic carbocycles. The van der Waals surface area contributed by atoms with E-state index in [4.69, 9.17) is 0 Å². The monoisotopic (exact) mass is 393 g/mol. The maximum atomic E-state index is 12.5. The highest BCUT2D eigenvalue weighted by atomic mass is 32.2. The van der Waals surface area contributed by atoms with Crippen molar-refractivity contribution in [3.63, 3.8) is 0 Å². The lowest BCUT2D eigenvalue weighted by Crippen LogP contribution is -2.22. The second kappa shape index (κ2) is 8.56. The van der Waals surface area contributed by atoms with E-state index in [0.29, 0.717) is 5.92 Å². The quantitative estimate of drug-likeness (QED) is 0.679. The number of thioether (sulfide) groups is 2. The van der Waals surface area contributed by atoms with Gasteiger partial charge in [0.1, 0.15) is 0 Å². The molecule has 0 unspecified atom stereocenters. The molecule has 0 spiro atoms. The van der Waals surface area contributed by atoms with E-state index in [1.165, 1.54) is 29.3 Å². The van der Waals surface area contributed by atoms with Gasteiger partial charge in [-0.1, -0.05) is 54.8 Å². The molecule has 0 saturated carbocycles. The molecule has 1 atom stereocenters. The van der Waals surface area contributed by atoms with Crippen LogP contribution in [0.2, 0.25) is 0 Å². The Labute approximate surface area is 161 Å². The summed E-state index contributed by atoms with van der Waals surface area (Å²) < 4.78 is 1.82. The van der Waals surface area contributed by atoms with Gasteiger partial charge in [0.2, 0.25) is 5.91 Å². The molecule has 2 aromatic rings. The highest BCUT2D eigenvalue weighted by molar-refractivity contribution is 8.03. The molecule has 134 valence electrons. The normalized spacial score (nSPS) is 14.6. The molecule has 1 N–H and O–H groups in total. The first-order chi connectivity index (χ1) is 12.0. The van der Waals surface area contributed by atoms with Crippen LogP contribution in [0.5, 0.6) is 0 Å². The minimum absolute atomic E-state index is 0.00882. The van der Waals surface area contributed by atoms with Crippen molar-refractivity contribution in [3.05, 3.63) is 29.3 Å². The lowest BCUT2D eigenvalue weighted by atomic mass is 10.1. The molecular weight excluding hydrogens is 370 g/mol. The number of benzene rings is 1. The molecule has 0 saturated heterocycles. The third kappa shape index (κ3) is 5.21. The Hall–Kier alpha value is -1.05. The Bertz CT molecular complexity index is 745. The summed E-state index contributed by atoms with van der Waals surface area (Å²) in [6.45, 7) is 6.29. The number of rotatable bonds is 7. The Morgan fingerprint density at radius 1 is 1.20 bits per heavy atom. The zero-order valence-electron chi connectivity index (χ0n) is 14.7. The topological polar surface area (TPSA) is 54.9 Å². The van der Waals surface area contributed by atoms with E-state index in [2.05, 4.69) is 41.5 Å². The first-order valence-electron chi connectivity index (χ1n) is 8.57. The predicted octanol–water partition coefficient (Wildman–Crippen LogP) is 4.89. The predicted molar refractivity (Wildman–Crippen MR) is 108 cm³/mol. The molecule has 3 rings (SSSR count). The van der Waals surface area contributed by atoms with Crippen molar-refractivity contribution in [2.24, 2.45) is 5.92 Å². The number of aryl methyl sites for hydroxylation is 2. The van der Waals surface area contributed by atoms with Gasteiger partial charge in [-0.25, -0.2) is 0 Å². The SMILES string of the molecule is CC(C)CSc1nnc(S[C@@H](C)C(=O)Nc2ccc3c(c2)CCC3)s1. The van der Waals surface area contributed by atoms with E-state index in [1.54, 1.807) is 23.1 Å². The standard InChI is InChI=1S/C18H23N3OS3/c1-11(2)10-23-17-20-21-18(25-17)24-12(3)16(22)19-15-8-7-13-5-4-6-14(13)9-15/h7-9,11-12H,4-6,10H2,1-3H3,(H,19,22)/t12-/m0/s1. The number of nitrogens with zero attached hydrogens (tertiary/aromatic N) is 2. The van der Waals surface area contributed by atoms with Gasteiger partial charge in [-0.3, -0.25) is 4.79 Å². The zero-order valence-corrected chi connectivity index (χ0v) is 17.2. The third-order valence-corrected chi connectivity index (χ3v) is 7.61. The van der Waals surface area contributed by atoms with Gasteiger partial charge in [0.25, 0.3) is 0 Å². The van der Waals surface area contributed by atoms with Crippen molar-refractivity contribution >= 4 is 46.5 Å². The van der Waals surface area contributed by atoms with E-state index in [1.807, 2.05) is 13.0 Å². The molecule has 0 aliphatic heterocycles. The summed E-state index contributed by atoms with van der Waals surface area (Å²) in [7, 11) is 0. The molecule has 1 aliphatic carbocycles. The van der Waals surface area contributed by atoms with Crippen LogP contribution in [0.4, 0.5) is 5.69 Å². The average Bonchev–Trinajstić information content (AvgIpc) is 3.21. The molecule has 0 fully saturated rings. The van der Waals surface area contributed by atoms with E-state index in [0.717, 1.165) is 33.0 Å². The van der Waals surface area contributed by atoms with E-state index in [-0.39, 0.29) is 11.2 Å². The molecule has 1 aromatic heterocycles. The molecule has 25 heavy (non-hydrogen) atoms. The average molecular weight is 394 g/mol. The smallest absolute Gasteiger partial charge is 0.237 e. The Morgan fingerprint density at radius 3 is 2.76 bits per heavy atom. The van der Waals surface area contributed by atoms with Gasteiger partial charge in [-0.15, -0.1) is 10.2 Å². The fraction of sp³-hybridized carbons (Fsp3) is 0.500. The number of fused-ring (bicyclic) bond motifs is 1. The number of anilines is 1. The molecular formula is C18H23N3OS3. The van der Waals surface area contributed by atoms with Crippen LogP contribution in [0.15, 0.2) is 26.9 Å². The van der Waals surface area contributed by atoms with Crippen LogP contribution in [-0.4, -0.2) is 27.1 Å². The number of amides is 1. The second-order valence-corrected chi connectivity index (χ2v) is 10.5. The summed E-state index contributed by atoms with van der Waals surface area (Å²) in [5.41, 5.74) is 3.68. The van der Waals surface area contributed by atoms with Crippen LogP contribution in [0.25, 0.3) is 0 Å². The van der Waals surface area contributed by atoms with Crippen molar-refractivity contribution in [3.8, 4) is 0 Å². The summed E-state index contributed by atoms with van der Waals surface area (Å²) in [5, 5.41) is 11.2. The maximum absolute atomic E-state index is 12.5. The van der Waals surface area contributed by atoms with Crippen LogP contribution in [0.3, 0.4) is 0 Å². The van der Waals surface area contributed by atoms with Crippen LogP contribution in [0, 0.1) is 5.92 Å². The molecule has 0 bridgehead atoms. The molecule has 1 aliphatic rings. The van der Waals surface area contributed by atoms with Crippen LogP contribution >= 0.6 is 34.9 Å². The summed E-state index contributed by atoms with van der Waals surface area (Å²) in [5.74, 6) is 1.67. The van der Waals surface area contributed by atoms with Gasteiger partial charge in [-0.2, -0.15) is 0 Å². The van der Waals surface area contributed by atoms with E-state index < -0.39 is 0 Å². The number of carbonyl (C=O) groups is 1. The number of aromatic nitrogens is 2. The third-order valence-electron chi connectivity index (χ3n) is 3.94. The van der Waals surface area contributed by atoms with Crippen LogP contribution in [0.1, 0.15) is 38.3 Å². The lowest BCUT2D eigenvalue weighted by molar-refractivity contribution is -0.115. The van der Waals surface area contributed by atoms with Crippen molar-refractivity contribution in [1.29, 1.82) is 0 Å². The van der Waals surface area contributed by atoms with E-state index in [9.17, 15) is 4.79 Å². The maximum Gasteiger partial charge on any atom is 0.237 e. The first kappa shape index (κ1) is 18.7. The number of hydrogen-bond acceptors (Lipinski definition) is 6. The highest BCUT2D eigenvalue weighted by Gasteiger charge is 2.18. The van der Waals surface area contributed by atoms with Gasteiger partial charge >= 0.3 is 0 Å². The number of hydrogen-bond donors (Lipinski definition) is 1. The summed E-state index contributed by atoms with van der Waals surface area (Å²) >= 11 is 4.77. The first-order valence-corrected chi connectivity index (χ1v) is 11.2. The molecule has 1 amide bonds.